The summed E-state index contributed by atoms with van der Waals surface area (Å²) in [6, 6.07) is 0. The summed E-state index contributed by atoms with van der Waals surface area (Å²) in [7, 11) is 0. The van der Waals surface area contributed by atoms with Gasteiger partial charge in [0.2, 0.25) is 11.8 Å². The van der Waals surface area contributed by atoms with E-state index in [9.17, 15) is 19.5 Å². The second-order valence-corrected chi connectivity index (χ2v) is 6.90. The molecule has 2 amide bonds. The fraction of sp³-hybridized carbons (Fsp3) is 0.750. The maximum atomic E-state index is 12.1. The van der Waals surface area contributed by atoms with Crippen LogP contribution in [0.1, 0.15) is 85.0 Å². The van der Waals surface area contributed by atoms with Crippen LogP contribution in [0.25, 0.3) is 0 Å². The van der Waals surface area contributed by atoms with E-state index < -0.39 is 17.8 Å². The minimum Gasteiger partial charge on any atom is -0.478 e. The molecule has 0 aromatic carbocycles. The maximum absolute atomic E-state index is 12.1. The van der Waals surface area contributed by atoms with Gasteiger partial charge in [-0.3, -0.25) is 9.59 Å². The van der Waals surface area contributed by atoms with Crippen LogP contribution in [0.3, 0.4) is 0 Å². The molecule has 0 rings (SSSR count). The monoisotopic (exact) mass is 368 g/mol. The third kappa shape index (κ3) is 10.2. The molecule has 0 aromatic rings. The maximum Gasteiger partial charge on any atom is 0.332 e. The van der Waals surface area contributed by atoms with Gasteiger partial charge in [-0.15, -0.1) is 0 Å². The number of amides is 2. The summed E-state index contributed by atoms with van der Waals surface area (Å²) in [6.07, 6.45) is 12.1. The summed E-state index contributed by atoms with van der Waals surface area (Å²) in [5.74, 6) is -3.42. The van der Waals surface area contributed by atoms with Gasteiger partial charge in [0.15, 0.2) is 0 Å². The molecule has 0 saturated carbocycles. The number of carbonyl (C=O) groups is 3. The van der Waals surface area contributed by atoms with Gasteiger partial charge < -0.3 is 16.2 Å². The van der Waals surface area contributed by atoms with E-state index in [1.165, 1.54) is 58.8 Å². The number of hydrogen-bond acceptors (Lipinski definition) is 3. The van der Waals surface area contributed by atoms with Gasteiger partial charge in [0.25, 0.3) is 0 Å². The van der Waals surface area contributed by atoms with E-state index in [1.54, 1.807) is 0 Å². The Kier molecular flexibility index (Phi) is 13.3. The van der Waals surface area contributed by atoms with Crippen molar-refractivity contribution in [3.8, 4) is 0 Å². The molecule has 1 atom stereocenters. The second kappa shape index (κ2) is 14.3. The summed E-state index contributed by atoms with van der Waals surface area (Å²) < 4.78 is 0. The van der Waals surface area contributed by atoms with Crippen LogP contribution < -0.4 is 11.1 Å². The van der Waals surface area contributed by atoms with E-state index in [-0.39, 0.29) is 17.1 Å². The molecule has 4 N–H and O–H groups in total. The zero-order valence-corrected chi connectivity index (χ0v) is 16.6. The van der Waals surface area contributed by atoms with Crippen molar-refractivity contribution in [1.29, 1.82) is 0 Å². The van der Waals surface area contributed by atoms with Crippen LogP contribution in [0.5, 0.6) is 0 Å². The number of unbranched alkanes of at least 4 members (excludes halogenated alkanes) is 9. The highest BCUT2D eigenvalue weighted by atomic mass is 16.4. The molecule has 0 aliphatic carbocycles. The van der Waals surface area contributed by atoms with Crippen LogP contribution in [-0.4, -0.2) is 29.4 Å². The summed E-state index contributed by atoms with van der Waals surface area (Å²) >= 11 is 0. The van der Waals surface area contributed by atoms with Gasteiger partial charge in [0, 0.05) is 12.1 Å². The van der Waals surface area contributed by atoms with E-state index in [2.05, 4.69) is 12.2 Å². The number of aliphatic carboxylic acids is 1. The van der Waals surface area contributed by atoms with Gasteiger partial charge in [0.1, 0.15) is 0 Å². The lowest BCUT2D eigenvalue weighted by Gasteiger charge is -2.15. The normalized spacial score (nSPS) is 13.0. The Morgan fingerprint density at radius 2 is 1.38 bits per heavy atom. The van der Waals surface area contributed by atoms with Crippen molar-refractivity contribution in [3.05, 3.63) is 11.1 Å². The van der Waals surface area contributed by atoms with Gasteiger partial charge in [-0.2, -0.15) is 0 Å². The van der Waals surface area contributed by atoms with Crippen molar-refractivity contribution < 1.29 is 19.5 Å². The average Bonchev–Trinajstić information content (AvgIpc) is 2.58. The number of hydrogen-bond donors (Lipinski definition) is 3. The zero-order chi connectivity index (χ0) is 19.9. The van der Waals surface area contributed by atoms with Crippen LogP contribution in [0.15, 0.2) is 11.1 Å². The van der Waals surface area contributed by atoms with Crippen molar-refractivity contribution in [2.75, 3.05) is 6.54 Å². The summed E-state index contributed by atoms with van der Waals surface area (Å²) in [6.45, 7) is 5.54. The van der Waals surface area contributed by atoms with E-state index in [1.807, 2.05) is 0 Å². The Morgan fingerprint density at radius 1 is 0.923 bits per heavy atom. The molecular weight excluding hydrogens is 332 g/mol. The Hall–Kier alpha value is -1.85. The van der Waals surface area contributed by atoms with Crippen LogP contribution in [0, 0.1) is 5.92 Å². The van der Waals surface area contributed by atoms with Crippen molar-refractivity contribution in [1.82, 2.24) is 5.32 Å². The largest absolute Gasteiger partial charge is 0.478 e. The molecule has 1 unspecified atom stereocenters. The second-order valence-electron chi connectivity index (χ2n) is 6.90. The van der Waals surface area contributed by atoms with Gasteiger partial charge in [-0.05, 0) is 20.3 Å². The van der Waals surface area contributed by atoms with E-state index in [4.69, 9.17) is 5.73 Å². The van der Waals surface area contributed by atoms with Gasteiger partial charge in [-0.25, -0.2) is 4.79 Å². The predicted molar refractivity (Wildman–Crippen MR) is 104 cm³/mol. The molecule has 0 spiro atoms. The molecule has 6 nitrogen and oxygen atoms in total. The van der Waals surface area contributed by atoms with Crippen molar-refractivity contribution in [2.24, 2.45) is 11.7 Å². The molecule has 6 heteroatoms. The molecule has 26 heavy (non-hydrogen) atoms. The Labute approximate surface area is 157 Å². The quantitative estimate of drug-likeness (QED) is 0.303. The first-order valence-electron chi connectivity index (χ1n) is 9.84. The van der Waals surface area contributed by atoms with E-state index >= 15 is 0 Å². The number of rotatable bonds is 15. The third-order valence-electron chi connectivity index (χ3n) is 4.66. The molecular formula is C20H36N2O4. The molecule has 0 bridgehead atoms. The molecule has 0 fully saturated rings. The van der Waals surface area contributed by atoms with Crippen LogP contribution in [0.2, 0.25) is 0 Å². The fourth-order valence-corrected chi connectivity index (χ4v) is 2.91. The highest BCUT2D eigenvalue weighted by Gasteiger charge is 2.26. The van der Waals surface area contributed by atoms with Crippen LogP contribution in [-0.2, 0) is 14.4 Å². The first kappa shape index (κ1) is 24.1. The zero-order valence-electron chi connectivity index (χ0n) is 16.6. The number of carboxylic acids is 1. The fourth-order valence-electron chi connectivity index (χ4n) is 2.91. The van der Waals surface area contributed by atoms with E-state index in [0.717, 1.165) is 19.3 Å². The summed E-state index contributed by atoms with van der Waals surface area (Å²) in [4.78, 5) is 34.6. The minimum atomic E-state index is -1.29. The average molecular weight is 369 g/mol. The SMILES string of the molecule is CCCCCCCCCCCCNC(=O)C(C)/C(C(=O)O)=C(/C)C(N)=O. The third-order valence-corrected chi connectivity index (χ3v) is 4.66. The van der Waals surface area contributed by atoms with E-state index in [0.29, 0.717) is 6.54 Å². The minimum absolute atomic E-state index is 0.0842. The molecule has 150 valence electrons. The first-order valence-corrected chi connectivity index (χ1v) is 9.84. The first-order chi connectivity index (χ1) is 12.3. The van der Waals surface area contributed by atoms with Gasteiger partial charge >= 0.3 is 5.97 Å². The molecule has 0 heterocycles. The lowest BCUT2D eigenvalue weighted by Crippen LogP contribution is -2.34. The van der Waals surface area contributed by atoms with Crippen molar-refractivity contribution in [2.45, 2.75) is 85.0 Å². The number of carboxylic acid groups (broad SMARTS) is 1. The smallest absolute Gasteiger partial charge is 0.332 e. The van der Waals surface area contributed by atoms with Crippen LogP contribution >= 0.6 is 0 Å². The predicted octanol–water partition coefficient (Wildman–Crippen LogP) is 3.55. The molecule has 0 aliphatic rings. The van der Waals surface area contributed by atoms with Gasteiger partial charge in [0.05, 0.1) is 11.5 Å². The van der Waals surface area contributed by atoms with Gasteiger partial charge in [-0.1, -0.05) is 64.7 Å². The molecule has 0 aliphatic heterocycles. The van der Waals surface area contributed by atoms with Crippen molar-refractivity contribution >= 4 is 17.8 Å². The number of nitrogens with one attached hydrogen (secondary N) is 1. The number of carbonyl (C=O) groups excluding carboxylic acids is 2. The lowest BCUT2D eigenvalue weighted by molar-refractivity contribution is -0.135. The Bertz CT molecular complexity index is 486. The summed E-state index contributed by atoms with van der Waals surface area (Å²) in [5.41, 5.74) is 4.81. The lowest BCUT2D eigenvalue weighted by atomic mass is 9.95. The molecule has 0 saturated heterocycles. The Balaban J connectivity index is 3.99. The highest BCUT2D eigenvalue weighted by molar-refractivity contribution is 6.04. The molecule has 0 radical (unpaired) electrons. The highest BCUT2D eigenvalue weighted by Crippen LogP contribution is 2.16. The molecule has 0 aromatic heterocycles. The topological polar surface area (TPSA) is 109 Å². The number of primary amides is 1. The van der Waals surface area contributed by atoms with Crippen molar-refractivity contribution in [3.63, 3.8) is 0 Å². The Morgan fingerprint density at radius 3 is 1.81 bits per heavy atom. The standard InChI is InChI=1S/C20H36N2O4/c1-4-5-6-7-8-9-10-11-12-13-14-22-19(24)16(3)17(20(25)26)15(2)18(21)23/h16H,4-14H2,1-3H3,(H2,21,23)(H,22,24)(H,25,26)/b17-15+. The number of nitrogens with two attached hydrogens (primary N) is 1. The summed E-state index contributed by atoms with van der Waals surface area (Å²) in [5, 5.41) is 12.0. The van der Waals surface area contributed by atoms with Crippen LogP contribution in [0.4, 0.5) is 0 Å².